The van der Waals surface area contributed by atoms with Crippen LogP contribution >= 0.6 is 24.0 Å². The van der Waals surface area contributed by atoms with Gasteiger partial charge in [0, 0.05) is 19.0 Å². The molecule has 0 spiro atoms. The van der Waals surface area contributed by atoms with E-state index in [0.717, 1.165) is 25.3 Å². The molecule has 118 valence electrons. The molecule has 0 unspecified atom stereocenters. The Morgan fingerprint density at radius 2 is 1.73 bits per heavy atom. The molecule has 0 N–H and O–H groups in total. The summed E-state index contributed by atoms with van der Waals surface area (Å²) in [6.07, 6.45) is 1.19. The second-order valence-corrected chi connectivity index (χ2v) is 6.06. The summed E-state index contributed by atoms with van der Waals surface area (Å²) in [5.74, 6) is 1.16. The van der Waals surface area contributed by atoms with Gasteiger partial charge in [-0.25, -0.2) is 0 Å². The zero-order chi connectivity index (χ0) is 14.7. The van der Waals surface area contributed by atoms with Gasteiger partial charge in [0.1, 0.15) is 11.9 Å². The monoisotopic (exact) mass is 337 g/mol. The lowest BCUT2D eigenvalue weighted by atomic mass is 9.88. The number of benzene rings is 2. The molecular weight excluding hydrogens is 317 g/mol. The van der Waals surface area contributed by atoms with Crippen LogP contribution < -0.4 is 4.74 Å². The smallest absolute Gasteiger partial charge is 0.138 e. The number of halogens is 2. The van der Waals surface area contributed by atoms with Crippen molar-refractivity contribution in [3.05, 3.63) is 65.2 Å². The molecule has 4 heteroatoms. The molecule has 1 aliphatic rings. The van der Waals surface area contributed by atoms with Crippen molar-refractivity contribution in [2.45, 2.75) is 18.4 Å². The number of likely N-dealkylation sites (N-methyl/N-ethyl adjacent to an activating group) is 1. The van der Waals surface area contributed by atoms with Crippen LogP contribution in [0.3, 0.4) is 0 Å². The zero-order valence-corrected chi connectivity index (χ0v) is 14.2. The molecule has 0 amide bonds. The Kier molecular flexibility index (Phi) is 6.13. The molecule has 2 aromatic rings. The van der Waals surface area contributed by atoms with Crippen molar-refractivity contribution in [1.29, 1.82) is 0 Å². The van der Waals surface area contributed by atoms with Gasteiger partial charge >= 0.3 is 0 Å². The summed E-state index contributed by atoms with van der Waals surface area (Å²) >= 11 is 6.23. The molecule has 0 bridgehead atoms. The minimum Gasteiger partial charge on any atom is -0.488 e. The van der Waals surface area contributed by atoms with Crippen LogP contribution in [0.25, 0.3) is 0 Å². The van der Waals surface area contributed by atoms with Crippen LogP contribution in [-0.2, 0) is 0 Å². The summed E-state index contributed by atoms with van der Waals surface area (Å²) in [4.78, 5) is 2.37. The van der Waals surface area contributed by atoms with Gasteiger partial charge in [-0.15, -0.1) is 12.4 Å². The van der Waals surface area contributed by atoms with Crippen molar-refractivity contribution in [2.75, 3.05) is 20.1 Å². The first-order chi connectivity index (χ1) is 10.2. The number of rotatable bonds is 3. The minimum absolute atomic E-state index is 0. The first kappa shape index (κ1) is 17.1. The van der Waals surface area contributed by atoms with Gasteiger partial charge in [-0.2, -0.15) is 0 Å². The highest BCUT2D eigenvalue weighted by atomic mass is 35.5. The molecule has 3 rings (SSSR count). The fourth-order valence-electron chi connectivity index (χ4n) is 2.96. The van der Waals surface area contributed by atoms with Crippen LogP contribution in [0.2, 0.25) is 5.02 Å². The second kappa shape index (κ2) is 7.87. The van der Waals surface area contributed by atoms with E-state index < -0.39 is 0 Å². The maximum Gasteiger partial charge on any atom is 0.138 e. The van der Waals surface area contributed by atoms with Gasteiger partial charge in [-0.05, 0) is 31.2 Å². The molecule has 2 atom stereocenters. The number of ether oxygens (including phenoxy) is 1. The first-order valence-electron chi connectivity index (χ1n) is 7.39. The Bertz CT molecular complexity index is 591. The van der Waals surface area contributed by atoms with Crippen molar-refractivity contribution in [3.8, 4) is 5.75 Å². The predicted octanol–water partition coefficient (Wildman–Crippen LogP) is 4.63. The first-order valence-corrected chi connectivity index (χ1v) is 7.76. The minimum atomic E-state index is 0. The van der Waals surface area contributed by atoms with E-state index in [4.69, 9.17) is 16.3 Å². The third kappa shape index (κ3) is 3.95. The Morgan fingerprint density at radius 3 is 2.45 bits per heavy atom. The average Bonchev–Trinajstić information content (AvgIpc) is 2.52. The summed E-state index contributed by atoms with van der Waals surface area (Å²) in [6, 6.07) is 18.3. The number of likely N-dealkylation sites (tertiary alicyclic amines) is 1. The van der Waals surface area contributed by atoms with Gasteiger partial charge < -0.3 is 9.64 Å². The standard InChI is InChI=1S/C18H20ClNO.ClH/c1-20-12-11-17(21-18-10-6-5-9-16(18)19)15(13-20)14-7-3-2-4-8-14;/h2-10,15,17H,11-13H2,1H3;1H/t15-,17+;/m1./s1. The topological polar surface area (TPSA) is 12.5 Å². The van der Waals surface area contributed by atoms with Crippen molar-refractivity contribution < 1.29 is 4.74 Å². The molecule has 1 aliphatic heterocycles. The number of hydrogen-bond donors (Lipinski definition) is 0. The van der Waals surface area contributed by atoms with E-state index in [0.29, 0.717) is 10.9 Å². The second-order valence-electron chi connectivity index (χ2n) is 5.65. The number of para-hydroxylation sites is 1. The van der Waals surface area contributed by atoms with E-state index in [-0.39, 0.29) is 18.5 Å². The van der Waals surface area contributed by atoms with Crippen LogP contribution in [0.4, 0.5) is 0 Å². The average molecular weight is 338 g/mol. The van der Waals surface area contributed by atoms with E-state index in [1.165, 1.54) is 5.56 Å². The summed E-state index contributed by atoms with van der Waals surface area (Å²) in [6.45, 7) is 2.07. The fourth-order valence-corrected chi connectivity index (χ4v) is 3.14. The van der Waals surface area contributed by atoms with Gasteiger partial charge in [0.15, 0.2) is 0 Å². The van der Waals surface area contributed by atoms with Crippen LogP contribution in [0.5, 0.6) is 5.75 Å². The summed E-state index contributed by atoms with van der Waals surface area (Å²) < 4.78 is 6.24. The van der Waals surface area contributed by atoms with Crippen LogP contribution in [0.15, 0.2) is 54.6 Å². The Labute approximate surface area is 143 Å². The van der Waals surface area contributed by atoms with E-state index >= 15 is 0 Å². The molecule has 0 radical (unpaired) electrons. The normalized spacial score (nSPS) is 21.9. The molecule has 22 heavy (non-hydrogen) atoms. The van der Waals surface area contributed by atoms with E-state index in [2.05, 4.69) is 42.3 Å². The van der Waals surface area contributed by atoms with Gasteiger partial charge in [0.05, 0.1) is 5.02 Å². The molecule has 1 saturated heterocycles. The van der Waals surface area contributed by atoms with E-state index in [1.807, 2.05) is 24.3 Å². The lowest BCUT2D eigenvalue weighted by Crippen LogP contribution is -2.42. The van der Waals surface area contributed by atoms with Gasteiger partial charge in [-0.3, -0.25) is 0 Å². The largest absolute Gasteiger partial charge is 0.488 e. The number of hydrogen-bond acceptors (Lipinski definition) is 2. The number of nitrogens with zero attached hydrogens (tertiary/aromatic N) is 1. The summed E-state index contributed by atoms with van der Waals surface area (Å²) in [7, 11) is 2.17. The maximum absolute atomic E-state index is 6.24. The predicted molar refractivity (Wildman–Crippen MR) is 94.4 cm³/mol. The highest BCUT2D eigenvalue weighted by Gasteiger charge is 2.30. The molecule has 2 aromatic carbocycles. The molecule has 0 aliphatic carbocycles. The molecule has 0 saturated carbocycles. The Hall–Kier alpha value is -1.22. The van der Waals surface area contributed by atoms with Crippen LogP contribution in [0.1, 0.15) is 17.9 Å². The van der Waals surface area contributed by atoms with Crippen molar-refractivity contribution >= 4 is 24.0 Å². The van der Waals surface area contributed by atoms with E-state index in [9.17, 15) is 0 Å². The maximum atomic E-state index is 6.24. The highest BCUT2D eigenvalue weighted by molar-refractivity contribution is 6.32. The third-order valence-corrected chi connectivity index (χ3v) is 4.41. The molecule has 1 fully saturated rings. The van der Waals surface area contributed by atoms with Crippen LogP contribution in [-0.4, -0.2) is 31.1 Å². The van der Waals surface area contributed by atoms with Crippen molar-refractivity contribution in [1.82, 2.24) is 4.90 Å². The molecule has 2 nitrogen and oxygen atoms in total. The fraction of sp³-hybridized carbons (Fsp3) is 0.333. The lowest BCUT2D eigenvalue weighted by Gasteiger charge is -2.37. The number of piperidine rings is 1. The summed E-state index contributed by atoms with van der Waals surface area (Å²) in [5.41, 5.74) is 1.33. The Morgan fingerprint density at radius 1 is 1.05 bits per heavy atom. The van der Waals surface area contributed by atoms with Gasteiger partial charge in [0.2, 0.25) is 0 Å². The van der Waals surface area contributed by atoms with Crippen molar-refractivity contribution in [2.24, 2.45) is 0 Å². The van der Waals surface area contributed by atoms with Gasteiger partial charge in [0.25, 0.3) is 0 Å². The van der Waals surface area contributed by atoms with Gasteiger partial charge in [-0.1, -0.05) is 54.1 Å². The lowest BCUT2D eigenvalue weighted by molar-refractivity contribution is 0.0903. The van der Waals surface area contributed by atoms with E-state index in [1.54, 1.807) is 0 Å². The Balaban J connectivity index is 0.00000176. The van der Waals surface area contributed by atoms with Crippen LogP contribution in [0, 0.1) is 0 Å². The SMILES string of the molecule is CN1CC[C@H](Oc2ccccc2Cl)[C@@H](c2ccccc2)C1.Cl. The molecular formula is C18H21Cl2NO. The quantitative estimate of drug-likeness (QED) is 0.809. The highest BCUT2D eigenvalue weighted by Crippen LogP contribution is 2.32. The van der Waals surface area contributed by atoms with Crippen molar-refractivity contribution in [3.63, 3.8) is 0 Å². The zero-order valence-electron chi connectivity index (χ0n) is 12.6. The third-order valence-electron chi connectivity index (χ3n) is 4.10. The molecule has 0 aromatic heterocycles. The molecule has 1 heterocycles. The summed E-state index contributed by atoms with van der Waals surface area (Å²) in [5, 5.41) is 0.684.